The fourth-order valence-electron chi connectivity index (χ4n) is 3.11. The third kappa shape index (κ3) is 10.8. The summed E-state index contributed by atoms with van der Waals surface area (Å²) in [6, 6.07) is 0. The predicted molar refractivity (Wildman–Crippen MR) is 89.1 cm³/mol. The van der Waals surface area contributed by atoms with Gasteiger partial charge in [0.25, 0.3) is 0 Å². The predicted octanol–water partition coefficient (Wildman–Crippen LogP) is 5.99. The van der Waals surface area contributed by atoms with Gasteiger partial charge in [0.1, 0.15) is 6.10 Å². The Hall–Kier alpha value is -0.530. The molecule has 0 atom stereocenters. The molecule has 1 rings (SSSR count). The van der Waals surface area contributed by atoms with E-state index >= 15 is 0 Å². The van der Waals surface area contributed by atoms with E-state index in [1.165, 1.54) is 70.6 Å². The average Bonchev–Trinajstić information content (AvgIpc) is 2.74. The number of rotatable bonds is 11. The summed E-state index contributed by atoms with van der Waals surface area (Å²) in [5, 5.41) is 0. The molecule has 0 saturated heterocycles. The van der Waals surface area contributed by atoms with Crippen molar-refractivity contribution in [1.29, 1.82) is 0 Å². The van der Waals surface area contributed by atoms with E-state index in [0.717, 1.165) is 25.7 Å². The van der Waals surface area contributed by atoms with Gasteiger partial charge < -0.3 is 4.74 Å². The summed E-state index contributed by atoms with van der Waals surface area (Å²) in [5.74, 6) is 0.0392. The van der Waals surface area contributed by atoms with E-state index in [2.05, 4.69) is 6.92 Å². The molecule has 0 aromatic heterocycles. The third-order valence-corrected chi connectivity index (χ3v) is 4.48. The van der Waals surface area contributed by atoms with Gasteiger partial charge in [-0.25, -0.2) is 0 Å². The topological polar surface area (TPSA) is 26.3 Å². The molecule has 0 heterocycles. The van der Waals surface area contributed by atoms with Crippen LogP contribution in [0.2, 0.25) is 0 Å². The molecule has 21 heavy (non-hydrogen) atoms. The van der Waals surface area contributed by atoms with Crippen LogP contribution in [0.25, 0.3) is 0 Å². The molecule has 1 aliphatic carbocycles. The monoisotopic (exact) mass is 295 g/mol. The molecule has 0 aromatic carbocycles. The summed E-state index contributed by atoms with van der Waals surface area (Å²) in [7, 11) is 0. The first kappa shape index (κ1) is 18.5. The maximum Gasteiger partial charge on any atom is 0.306 e. The lowest BCUT2D eigenvalue weighted by molar-refractivity contribution is -0.149. The molecule has 1 fully saturated rings. The second-order valence-corrected chi connectivity index (χ2v) is 6.54. The van der Waals surface area contributed by atoms with Crippen molar-refractivity contribution in [3.63, 3.8) is 0 Å². The second-order valence-electron chi connectivity index (χ2n) is 6.54. The molecule has 0 spiro atoms. The van der Waals surface area contributed by atoms with Crippen molar-refractivity contribution in [3.8, 4) is 0 Å². The maximum atomic E-state index is 11.8. The lowest BCUT2D eigenvalue weighted by Gasteiger charge is -2.15. The van der Waals surface area contributed by atoms with Gasteiger partial charge in [-0.1, -0.05) is 71.1 Å². The molecule has 1 radical (unpaired) electrons. The van der Waals surface area contributed by atoms with Crippen molar-refractivity contribution in [3.05, 3.63) is 6.92 Å². The number of esters is 1. The van der Waals surface area contributed by atoms with Gasteiger partial charge in [-0.15, -0.1) is 0 Å². The Morgan fingerprint density at radius 3 is 1.90 bits per heavy atom. The number of unbranched alkanes of at least 4 members (excludes halogenated alkanes) is 8. The van der Waals surface area contributed by atoms with Crippen molar-refractivity contribution in [2.75, 3.05) is 0 Å². The largest absolute Gasteiger partial charge is 0.462 e. The minimum Gasteiger partial charge on any atom is -0.462 e. The highest BCUT2D eigenvalue weighted by Gasteiger charge is 2.16. The van der Waals surface area contributed by atoms with E-state index in [1.54, 1.807) is 0 Å². The highest BCUT2D eigenvalue weighted by Crippen LogP contribution is 2.20. The molecule has 123 valence electrons. The van der Waals surface area contributed by atoms with Crippen LogP contribution in [0.4, 0.5) is 0 Å². The highest BCUT2D eigenvalue weighted by atomic mass is 16.5. The Balaban J connectivity index is 1.88. The van der Waals surface area contributed by atoms with Crippen LogP contribution in [0, 0.1) is 6.92 Å². The molecule has 1 aliphatic rings. The minimum absolute atomic E-state index is 0.0392. The molecule has 0 aliphatic heterocycles. The summed E-state index contributed by atoms with van der Waals surface area (Å²) in [6.07, 6.45) is 19.2. The van der Waals surface area contributed by atoms with Crippen LogP contribution < -0.4 is 0 Å². The van der Waals surface area contributed by atoms with Gasteiger partial charge in [0.05, 0.1) is 0 Å². The average molecular weight is 295 g/mol. The van der Waals surface area contributed by atoms with Gasteiger partial charge >= 0.3 is 5.97 Å². The molecule has 0 unspecified atom stereocenters. The van der Waals surface area contributed by atoms with Crippen LogP contribution in [-0.2, 0) is 9.53 Å². The molecular weight excluding hydrogens is 260 g/mol. The van der Waals surface area contributed by atoms with Crippen LogP contribution in [-0.4, -0.2) is 12.1 Å². The van der Waals surface area contributed by atoms with Gasteiger partial charge in [0.2, 0.25) is 0 Å². The van der Waals surface area contributed by atoms with Crippen molar-refractivity contribution < 1.29 is 9.53 Å². The maximum absolute atomic E-state index is 11.8. The van der Waals surface area contributed by atoms with Gasteiger partial charge in [-0.3, -0.25) is 4.79 Å². The van der Waals surface area contributed by atoms with E-state index in [9.17, 15) is 4.79 Å². The summed E-state index contributed by atoms with van der Waals surface area (Å²) >= 11 is 0. The molecular formula is C19H35O2. The van der Waals surface area contributed by atoms with E-state index < -0.39 is 0 Å². The fraction of sp³-hybridized carbons (Fsp3) is 0.895. The quantitative estimate of drug-likeness (QED) is 0.266. The van der Waals surface area contributed by atoms with E-state index in [-0.39, 0.29) is 12.1 Å². The Bertz CT molecular complexity index is 242. The SMILES string of the molecule is [CH2]CCCCCCCCCCC(=O)OC1CCCCCC1. The Morgan fingerprint density at radius 2 is 1.33 bits per heavy atom. The van der Waals surface area contributed by atoms with Crippen molar-refractivity contribution in [2.45, 2.75) is 109 Å². The zero-order valence-corrected chi connectivity index (χ0v) is 13.9. The number of carbonyl (C=O) groups is 1. The van der Waals surface area contributed by atoms with Gasteiger partial charge in [-0.2, -0.15) is 0 Å². The number of ether oxygens (including phenoxy) is 1. The molecule has 0 aromatic rings. The summed E-state index contributed by atoms with van der Waals surface area (Å²) in [6.45, 7) is 3.86. The first-order valence-corrected chi connectivity index (χ1v) is 9.31. The molecule has 0 bridgehead atoms. The lowest BCUT2D eigenvalue weighted by Crippen LogP contribution is -2.17. The Labute approximate surface area is 132 Å². The summed E-state index contributed by atoms with van der Waals surface area (Å²) in [5.41, 5.74) is 0. The second kappa shape index (κ2) is 13.2. The van der Waals surface area contributed by atoms with Gasteiger partial charge in [-0.05, 0) is 32.1 Å². The van der Waals surface area contributed by atoms with E-state index in [0.29, 0.717) is 6.42 Å². The van der Waals surface area contributed by atoms with Crippen LogP contribution in [0.3, 0.4) is 0 Å². The van der Waals surface area contributed by atoms with Crippen LogP contribution in [0.5, 0.6) is 0 Å². The number of carbonyl (C=O) groups excluding carboxylic acids is 1. The van der Waals surface area contributed by atoms with Gasteiger partial charge in [0.15, 0.2) is 0 Å². The van der Waals surface area contributed by atoms with Gasteiger partial charge in [0, 0.05) is 6.42 Å². The molecule has 2 nitrogen and oxygen atoms in total. The Kier molecular flexibility index (Phi) is 11.6. The molecule has 2 heteroatoms. The van der Waals surface area contributed by atoms with Crippen LogP contribution >= 0.6 is 0 Å². The first-order chi connectivity index (χ1) is 10.3. The lowest BCUT2D eigenvalue weighted by atomic mass is 10.1. The molecule has 0 N–H and O–H groups in total. The first-order valence-electron chi connectivity index (χ1n) is 9.31. The zero-order valence-electron chi connectivity index (χ0n) is 13.9. The number of hydrogen-bond donors (Lipinski definition) is 0. The molecule has 1 saturated carbocycles. The fourth-order valence-corrected chi connectivity index (χ4v) is 3.11. The van der Waals surface area contributed by atoms with Crippen LogP contribution in [0.15, 0.2) is 0 Å². The van der Waals surface area contributed by atoms with E-state index in [1.807, 2.05) is 0 Å². The Morgan fingerprint density at radius 1 is 0.810 bits per heavy atom. The smallest absolute Gasteiger partial charge is 0.306 e. The van der Waals surface area contributed by atoms with Crippen molar-refractivity contribution in [1.82, 2.24) is 0 Å². The van der Waals surface area contributed by atoms with Crippen molar-refractivity contribution in [2.24, 2.45) is 0 Å². The van der Waals surface area contributed by atoms with E-state index in [4.69, 9.17) is 4.74 Å². The zero-order chi connectivity index (χ0) is 15.2. The normalized spacial score (nSPS) is 16.6. The standard InChI is InChI=1S/C19H35O2/c1-2-3-4-5-6-7-8-9-14-17-19(20)21-18-15-12-10-11-13-16-18/h18H,1-17H2. The molecule has 0 amide bonds. The third-order valence-electron chi connectivity index (χ3n) is 4.48. The van der Waals surface area contributed by atoms with Crippen molar-refractivity contribution >= 4 is 5.97 Å². The summed E-state index contributed by atoms with van der Waals surface area (Å²) in [4.78, 5) is 11.8. The summed E-state index contributed by atoms with van der Waals surface area (Å²) < 4.78 is 5.60. The minimum atomic E-state index is 0.0392. The van der Waals surface area contributed by atoms with Crippen LogP contribution in [0.1, 0.15) is 103 Å². The highest BCUT2D eigenvalue weighted by molar-refractivity contribution is 5.69. The number of hydrogen-bond acceptors (Lipinski definition) is 2.